The number of benzene rings is 3. The van der Waals surface area contributed by atoms with Gasteiger partial charge in [0.25, 0.3) is 0 Å². The minimum atomic E-state index is -4.06. The molecular weight excluding hydrogens is 500 g/mol. The molecule has 1 aliphatic rings. The van der Waals surface area contributed by atoms with Crippen LogP contribution >= 0.6 is 11.3 Å². The summed E-state index contributed by atoms with van der Waals surface area (Å²) in [4.78, 5) is 13.5. The van der Waals surface area contributed by atoms with E-state index in [9.17, 15) is 13.2 Å². The average Bonchev–Trinajstić information content (AvgIpc) is 3.47. The molecule has 8 nitrogen and oxygen atoms in total. The van der Waals surface area contributed by atoms with Crippen molar-refractivity contribution < 1.29 is 27.4 Å². The third-order valence-electron chi connectivity index (χ3n) is 5.67. The molecule has 1 aliphatic heterocycles. The van der Waals surface area contributed by atoms with Gasteiger partial charge in [-0.3, -0.25) is 4.79 Å². The third-order valence-corrected chi connectivity index (χ3v) is 8.77. The highest BCUT2D eigenvalue weighted by Crippen LogP contribution is 2.45. The van der Waals surface area contributed by atoms with E-state index in [4.69, 9.17) is 19.9 Å². The van der Waals surface area contributed by atoms with Crippen LogP contribution in [0.2, 0.25) is 0 Å². The van der Waals surface area contributed by atoms with Crippen LogP contribution in [-0.2, 0) is 9.84 Å². The zero-order chi connectivity index (χ0) is 25.4. The lowest BCUT2D eigenvalue weighted by Crippen LogP contribution is -2.08. The van der Waals surface area contributed by atoms with Gasteiger partial charge in [-0.15, -0.1) is 11.3 Å². The van der Waals surface area contributed by atoms with Crippen molar-refractivity contribution in [2.75, 3.05) is 25.0 Å². The molecule has 4 aromatic rings. The summed E-state index contributed by atoms with van der Waals surface area (Å²) < 4.78 is 43.5. The Bertz CT molecular complexity index is 1580. The minimum Gasteiger partial charge on any atom is -0.497 e. The second-order valence-corrected chi connectivity index (χ2v) is 11.0. The molecule has 0 saturated carbocycles. The lowest BCUT2D eigenvalue weighted by Gasteiger charge is -2.10. The van der Waals surface area contributed by atoms with Gasteiger partial charge in [0.2, 0.25) is 22.4 Å². The highest BCUT2D eigenvalue weighted by atomic mass is 32.2. The fourth-order valence-electron chi connectivity index (χ4n) is 3.78. The molecule has 0 atom stereocenters. The van der Waals surface area contributed by atoms with Crippen molar-refractivity contribution in [2.45, 2.75) is 16.7 Å². The fourth-order valence-corrected chi connectivity index (χ4v) is 6.72. The normalized spacial score (nSPS) is 12.4. The first-order valence-corrected chi connectivity index (χ1v) is 13.2. The summed E-state index contributed by atoms with van der Waals surface area (Å²) >= 11 is 0.978. The molecule has 36 heavy (non-hydrogen) atoms. The van der Waals surface area contributed by atoms with Crippen molar-refractivity contribution in [1.82, 2.24) is 0 Å². The van der Waals surface area contributed by atoms with Gasteiger partial charge < -0.3 is 25.3 Å². The molecule has 0 saturated heterocycles. The number of hydrogen-bond donors (Lipinski definition) is 2. The highest BCUT2D eigenvalue weighted by molar-refractivity contribution is 7.92. The molecule has 184 valence electrons. The maximum Gasteiger partial charge on any atom is 0.231 e. The lowest BCUT2D eigenvalue weighted by atomic mass is 10.1. The van der Waals surface area contributed by atoms with Crippen molar-refractivity contribution in [1.29, 1.82) is 0 Å². The first-order chi connectivity index (χ1) is 17.3. The average molecular weight is 523 g/mol. The van der Waals surface area contributed by atoms with E-state index in [0.29, 0.717) is 28.5 Å². The van der Waals surface area contributed by atoms with Gasteiger partial charge in [0, 0.05) is 17.3 Å². The number of carbonyl (C=O) groups excluding carboxylic acids is 1. The fraction of sp³-hybridized carbons (Fsp3) is 0.115. The van der Waals surface area contributed by atoms with E-state index in [1.165, 1.54) is 19.2 Å². The van der Waals surface area contributed by atoms with Crippen LogP contribution in [-0.4, -0.2) is 28.1 Å². The number of thiophene rings is 1. The van der Waals surface area contributed by atoms with E-state index in [0.717, 1.165) is 16.9 Å². The van der Waals surface area contributed by atoms with Crippen LogP contribution < -0.4 is 25.3 Å². The highest BCUT2D eigenvalue weighted by Gasteiger charge is 2.32. The molecule has 2 heterocycles. The van der Waals surface area contributed by atoms with Crippen LogP contribution in [0.4, 0.5) is 16.4 Å². The summed E-state index contributed by atoms with van der Waals surface area (Å²) in [5.41, 5.74) is 8.09. The van der Waals surface area contributed by atoms with E-state index in [-0.39, 0.29) is 32.1 Å². The largest absolute Gasteiger partial charge is 0.497 e. The second kappa shape index (κ2) is 9.21. The second-order valence-electron chi connectivity index (χ2n) is 8.07. The number of nitrogens with one attached hydrogen (secondary N) is 1. The summed E-state index contributed by atoms with van der Waals surface area (Å²) in [6.07, 6.45) is 0. The number of ketones is 1. The van der Waals surface area contributed by atoms with Crippen LogP contribution in [0.1, 0.15) is 20.8 Å². The number of nitrogens with two attached hydrogens (primary N) is 1. The predicted molar refractivity (Wildman–Crippen MR) is 138 cm³/mol. The number of carbonyl (C=O) groups is 1. The summed E-state index contributed by atoms with van der Waals surface area (Å²) in [5, 5.41) is 3.35. The van der Waals surface area contributed by atoms with Gasteiger partial charge in [-0.2, -0.15) is 0 Å². The van der Waals surface area contributed by atoms with Gasteiger partial charge in [0.1, 0.15) is 20.5 Å². The molecule has 0 fully saturated rings. The third kappa shape index (κ3) is 4.25. The van der Waals surface area contributed by atoms with Gasteiger partial charge in [0.15, 0.2) is 11.5 Å². The minimum absolute atomic E-state index is 0.0711. The molecule has 3 N–H and O–H groups in total. The Morgan fingerprint density at radius 3 is 2.53 bits per heavy atom. The zero-order valence-corrected chi connectivity index (χ0v) is 21.0. The van der Waals surface area contributed by atoms with E-state index >= 15 is 0 Å². The quantitative estimate of drug-likeness (QED) is 0.319. The van der Waals surface area contributed by atoms with Crippen LogP contribution in [0, 0.1) is 6.92 Å². The van der Waals surface area contributed by atoms with Crippen molar-refractivity contribution >= 4 is 43.3 Å². The van der Waals surface area contributed by atoms with Gasteiger partial charge in [-0.1, -0.05) is 23.8 Å². The Balaban J connectivity index is 1.64. The Kier molecular flexibility index (Phi) is 6.07. The predicted octanol–water partition coefficient (Wildman–Crippen LogP) is 5.18. The smallest absolute Gasteiger partial charge is 0.231 e. The Morgan fingerprint density at radius 2 is 1.78 bits per heavy atom. The Labute approximate surface area is 212 Å². The molecule has 0 aliphatic carbocycles. The monoisotopic (exact) mass is 522 g/mol. The van der Waals surface area contributed by atoms with Gasteiger partial charge in [-0.05, 0) is 49.4 Å². The van der Waals surface area contributed by atoms with Gasteiger partial charge in [0.05, 0.1) is 17.7 Å². The van der Waals surface area contributed by atoms with Crippen molar-refractivity contribution in [3.05, 3.63) is 82.7 Å². The topological polar surface area (TPSA) is 117 Å². The summed E-state index contributed by atoms with van der Waals surface area (Å²) in [6.45, 7) is 1.94. The first-order valence-electron chi connectivity index (χ1n) is 10.9. The van der Waals surface area contributed by atoms with Gasteiger partial charge in [-0.25, -0.2) is 8.42 Å². The number of ether oxygens (including phenoxy) is 3. The lowest BCUT2D eigenvalue weighted by molar-refractivity contribution is 0.104. The molecule has 10 heteroatoms. The molecular formula is C26H22N2O6S2. The number of hydrogen-bond acceptors (Lipinski definition) is 9. The molecule has 0 spiro atoms. The molecule has 0 radical (unpaired) electrons. The molecule has 0 bridgehead atoms. The van der Waals surface area contributed by atoms with Crippen molar-refractivity contribution in [2.24, 2.45) is 0 Å². The number of anilines is 3. The summed E-state index contributed by atoms with van der Waals surface area (Å²) in [5.74, 6) is 1.14. The molecule has 3 aromatic carbocycles. The summed E-state index contributed by atoms with van der Waals surface area (Å²) in [7, 11) is -2.52. The molecule has 5 rings (SSSR count). The Morgan fingerprint density at radius 1 is 1.03 bits per heavy atom. The van der Waals surface area contributed by atoms with Crippen LogP contribution in [0.3, 0.4) is 0 Å². The maximum absolute atomic E-state index is 13.7. The van der Waals surface area contributed by atoms with Crippen molar-refractivity contribution in [3.63, 3.8) is 0 Å². The first kappa shape index (κ1) is 23.7. The van der Waals surface area contributed by atoms with Gasteiger partial charge >= 0.3 is 0 Å². The number of nitrogen functional groups attached to an aromatic ring is 1. The molecule has 0 unspecified atom stereocenters. The van der Waals surface area contributed by atoms with E-state index in [1.807, 2.05) is 6.92 Å². The van der Waals surface area contributed by atoms with Crippen LogP contribution in [0.25, 0.3) is 0 Å². The maximum atomic E-state index is 13.7. The Hall–Kier alpha value is -4.02. The van der Waals surface area contributed by atoms with E-state index < -0.39 is 15.6 Å². The van der Waals surface area contributed by atoms with E-state index in [1.54, 1.807) is 54.6 Å². The van der Waals surface area contributed by atoms with Crippen LogP contribution in [0.5, 0.6) is 17.2 Å². The SMILES string of the molecule is COc1cccc(Nc2sc(C(=O)c3ccc4c(c3)OCO4)c(N)c2S(=O)(=O)c2ccc(C)cc2)c1. The zero-order valence-electron chi connectivity index (χ0n) is 19.4. The van der Waals surface area contributed by atoms with Crippen molar-refractivity contribution in [3.8, 4) is 17.2 Å². The molecule has 0 amide bonds. The number of sulfone groups is 1. The molecule has 1 aromatic heterocycles. The standard InChI is InChI=1S/C26H22N2O6S2/c1-15-6-9-19(10-7-15)36(30,31)25-22(27)24(23(29)16-8-11-20-21(12-16)34-14-33-20)35-26(25)28-17-4-3-5-18(13-17)32-2/h3-13,28H,14,27H2,1-2H3. The summed E-state index contributed by atoms with van der Waals surface area (Å²) in [6, 6.07) is 18.3. The number of methoxy groups -OCH3 is 1. The van der Waals surface area contributed by atoms with Crippen LogP contribution in [0.15, 0.2) is 76.5 Å². The number of aryl methyl sites for hydroxylation is 1. The number of rotatable bonds is 7. The number of fused-ring (bicyclic) bond motifs is 1. The van der Waals surface area contributed by atoms with E-state index in [2.05, 4.69) is 5.32 Å².